The molecule has 17 heavy (non-hydrogen) atoms. The molecule has 1 aromatic carbocycles. The molecule has 0 aliphatic carbocycles. The molecule has 0 spiro atoms. The first kappa shape index (κ1) is 12.1. The van der Waals surface area contributed by atoms with Gasteiger partial charge in [-0.1, -0.05) is 12.1 Å². The Morgan fingerprint density at radius 2 is 2.12 bits per heavy atom. The molecule has 2 rings (SSSR count). The van der Waals surface area contributed by atoms with E-state index in [0.717, 1.165) is 27.4 Å². The Hall–Kier alpha value is -1.33. The number of rotatable bonds is 3. The van der Waals surface area contributed by atoms with Gasteiger partial charge in [0.1, 0.15) is 21.9 Å². The Morgan fingerprint density at radius 1 is 1.41 bits per heavy atom. The first-order chi connectivity index (χ1) is 8.19. The van der Waals surface area contributed by atoms with E-state index in [2.05, 4.69) is 20.9 Å². The second-order valence-electron chi connectivity index (χ2n) is 3.63. The van der Waals surface area contributed by atoms with Crippen molar-refractivity contribution >= 4 is 15.9 Å². The zero-order chi connectivity index (χ0) is 12.4. The molecule has 4 nitrogen and oxygen atoms in total. The summed E-state index contributed by atoms with van der Waals surface area (Å²) in [5.74, 6) is 1.63. The predicted molar refractivity (Wildman–Crippen MR) is 70.8 cm³/mol. The lowest BCUT2D eigenvalue weighted by molar-refractivity contribution is 0.416. The van der Waals surface area contributed by atoms with Crippen molar-refractivity contribution in [2.45, 2.75) is 6.54 Å². The van der Waals surface area contributed by atoms with Gasteiger partial charge in [-0.05, 0) is 28.1 Å². The van der Waals surface area contributed by atoms with Gasteiger partial charge in [0.2, 0.25) is 0 Å². The van der Waals surface area contributed by atoms with Gasteiger partial charge < -0.3 is 15.0 Å². The van der Waals surface area contributed by atoms with Crippen molar-refractivity contribution in [1.29, 1.82) is 0 Å². The predicted octanol–water partition coefficient (Wildman–Crippen LogP) is 2.32. The Labute approximate surface area is 109 Å². The standard InChI is InChI=1S/C12H14BrN3O/c1-16-10(7-14)15-11(12(16)13)8-5-3-4-6-9(8)17-2/h3-6H,7,14H2,1-2H3. The fourth-order valence-corrected chi connectivity index (χ4v) is 2.22. The molecular weight excluding hydrogens is 282 g/mol. The largest absolute Gasteiger partial charge is 0.496 e. The van der Waals surface area contributed by atoms with Crippen LogP contribution in [-0.2, 0) is 13.6 Å². The number of nitrogens with zero attached hydrogens (tertiary/aromatic N) is 2. The third kappa shape index (κ3) is 2.08. The van der Waals surface area contributed by atoms with Crippen molar-refractivity contribution in [2.24, 2.45) is 12.8 Å². The molecule has 0 aliphatic heterocycles. The van der Waals surface area contributed by atoms with Gasteiger partial charge in [-0.3, -0.25) is 0 Å². The smallest absolute Gasteiger partial charge is 0.128 e. The summed E-state index contributed by atoms with van der Waals surface area (Å²) in [6.07, 6.45) is 0. The summed E-state index contributed by atoms with van der Waals surface area (Å²) >= 11 is 3.53. The highest BCUT2D eigenvalue weighted by Gasteiger charge is 2.16. The lowest BCUT2D eigenvalue weighted by Crippen LogP contribution is -2.04. The number of nitrogens with two attached hydrogens (primary N) is 1. The van der Waals surface area contributed by atoms with E-state index in [0.29, 0.717) is 6.54 Å². The lowest BCUT2D eigenvalue weighted by Gasteiger charge is -2.06. The molecule has 0 amide bonds. The van der Waals surface area contributed by atoms with Gasteiger partial charge in [-0.2, -0.15) is 0 Å². The summed E-state index contributed by atoms with van der Waals surface area (Å²) in [5, 5.41) is 0. The minimum atomic E-state index is 0.407. The average molecular weight is 296 g/mol. The molecule has 0 bridgehead atoms. The molecule has 1 heterocycles. The minimum Gasteiger partial charge on any atom is -0.496 e. The second-order valence-corrected chi connectivity index (χ2v) is 4.38. The number of hydrogen-bond donors (Lipinski definition) is 1. The summed E-state index contributed by atoms with van der Waals surface area (Å²) in [6, 6.07) is 7.79. The van der Waals surface area contributed by atoms with Crippen LogP contribution in [0.25, 0.3) is 11.3 Å². The molecule has 2 N–H and O–H groups in total. The lowest BCUT2D eigenvalue weighted by atomic mass is 10.1. The van der Waals surface area contributed by atoms with Gasteiger partial charge in [0.25, 0.3) is 0 Å². The van der Waals surface area contributed by atoms with E-state index in [-0.39, 0.29) is 0 Å². The van der Waals surface area contributed by atoms with Crippen LogP contribution >= 0.6 is 15.9 Å². The van der Waals surface area contributed by atoms with E-state index in [1.807, 2.05) is 35.9 Å². The van der Waals surface area contributed by atoms with E-state index >= 15 is 0 Å². The molecule has 2 aromatic rings. The minimum absolute atomic E-state index is 0.407. The summed E-state index contributed by atoms with van der Waals surface area (Å²) in [4.78, 5) is 4.52. The molecule has 0 saturated heterocycles. The van der Waals surface area contributed by atoms with Crippen LogP contribution in [0.15, 0.2) is 28.9 Å². The van der Waals surface area contributed by atoms with Crippen molar-refractivity contribution in [3.05, 3.63) is 34.7 Å². The van der Waals surface area contributed by atoms with Crippen molar-refractivity contribution in [1.82, 2.24) is 9.55 Å². The van der Waals surface area contributed by atoms with Gasteiger partial charge in [0.15, 0.2) is 0 Å². The molecular formula is C12H14BrN3O. The van der Waals surface area contributed by atoms with Crippen LogP contribution < -0.4 is 10.5 Å². The van der Waals surface area contributed by atoms with E-state index in [4.69, 9.17) is 10.5 Å². The maximum atomic E-state index is 5.65. The van der Waals surface area contributed by atoms with Crippen LogP contribution in [0.4, 0.5) is 0 Å². The molecule has 0 radical (unpaired) electrons. The number of halogens is 1. The van der Waals surface area contributed by atoms with Gasteiger partial charge >= 0.3 is 0 Å². The molecule has 1 aromatic heterocycles. The second kappa shape index (κ2) is 4.89. The number of ether oxygens (including phenoxy) is 1. The number of hydrogen-bond acceptors (Lipinski definition) is 3. The molecule has 0 fully saturated rings. The summed E-state index contributed by atoms with van der Waals surface area (Å²) in [6.45, 7) is 0.407. The van der Waals surface area contributed by atoms with E-state index in [1.165, 1.54) is 0 Å². The number of methoxy groups -OCH3 is 1. The van der Waals surface area contributed by atoms with Crippen molar-refractivity contribution in [3.8, 4) is 17.0 Å². The molecule has 0 saturated carbocycles. The third-order valence-corrected chi connectivity index (χ3v) is 3.57. The Kier molecular flexibility index (Phi) is 3.49. The van der Waals surface area contributed by atoms with Crippen LogP contribution in [0, 0.1) is 0 Å². The zero-order valence-electron chi connectivity index (χ0n) is 9.77. The molecule has 0 aliphatic rings. The van der Waals surface area contributed by atoms with Crippen molar-refractivity contribution in [3.63, 3.8) is 0 Å². The normalized spacial score (nSPS) is 10.6. The summed E-state index contributed by atoms with van der Waals surface area (Å²) < 4.78 is 8.17. The van der Waals surface area contributed by atoms with Crippen LogP contribution in [0.2, 0.25) is 0 Å². The Bertz CT molecular complexity index is 537. The Morgan fingerprint density at radius 3 is 2.71 bits per heavy atom. The van der Waals surface area contributed by atoms with E-state index < -0.39 is 0 Å². The fraction of sp³-hybridized carbons (Fsp3) is 0.250. The summed E-state index contributed by atoms with van der Waals surface area (Å²) in [7, 11) is 3.58. The Balaban J connectivity index is 2.60. The van der Waals surface area contributed by atoms with Gasteiger partial charge in [-0.25, -0.2) is 4.98 Å². The summed E-state index contributed by atoms with van der Waals surface area (Å²) in [5.41, 5.74) is 7.45. The molecule has 90 valence electrons. The highest BCUT2D eigenvalue weighted by molar-refractivity contribution is 9.10. The van der Waals surface area contributed by atoms with Gasteiger partial charge in [0.05, 0.1) is 13.7 Å². The molecule has 5 heteroatoms. The maximum absolute atomic E-state index is 5.65. The molecule has 0 unspecified atom stereocenters. The third-order valence-electron chi connectivity index (χ3n) is 2.66. The van der Waals surface area contributed by atoms with Gasteiger partial charge in [-0.15, -0.1) is 0 Å². The first-order valence-corrected chi connectivity index (χ1v) is 6.03. The fourth-order valence-electron chi connectivity index (χ4n) is 1.72. The zero-order valence-corrected chi connectivity index (χ0v) is 11.4. The average Bonchev–Trinajstić information content (AvgIpc) is 2.66. The van der Waals surface area contributed by atoms with Crippen LogP contribution in [-0.4, -0.2) is 16.7 Å². The van der Waals surface area contributed by atoms with Crippen molar-refractivity contribution in [2.75, 3.05) is 7.11 Å². The quantitative estimate of drug-likeness (QED) is 0.945. The van der Waals surface area contributed by atoms with Crippen LogP contribution in [0.3, 0.4) is 0 Å². The number of benzene rings is 1. The van der Waals surface area contributed by atoms with E-state index in [1.54, 1.807) is 7.11 Å². The van der Waals surface area contributed by atoms with Crippen LogP contribution in [0.1, 0.15) is 5.82 Å². The van der Waals surface area contributed by atoms with Gasteiger partial charge in [0, 0.05) is 12.6 Å². The molecule has 0 atom stereocenters. The number of imidazole rings is 1. The highest BCUT2D eigenvalue weighted by atomic mass is 79.9. The van der Waals surface area contributed by atoms with E-state index in [9.17, 15) is 0 Å². The first-order valence-electron chi connectivity index (χ1n) is 5.23. The van der Waals surface area contributed by atoms with Crippen LogP contribution in [0.5, 0.6) is 5.75 Å². The maximum Gasteiger partial charge on any atom is 0.128 e. The van der Waals surface area contributed by atoms with Crippen molar-refractivity contribution < 1.29 is 4.74 Å². The number of para-hydroxylation sites is 1. The highest BCUT2D eigenvalue weighted by Crippen LogP contribution is 2.34. The number of aromatic nitrogens is 2. The topological polar surface area (TPSA) is 53.1 Å². The SMILES string of the molecule is COc1ccccc1-c1nc(CN)n(C)c1Br. The monoisotopic (exact) mass is 295 g/mol.